The van der Waals surface area contributed by atoms with Crippen molar-refractivity contribution in [2.24, 2.45) is 5.73 Å². The second kappa shape index (κ2) is 4.51. The summed E-state index contributed by atoms with van der Waals surface area (Å²) in [5.41, 5.74) is 4.24. The Hall–Kier alpha value is -1.59. The quantitative estimate of drug-likeness (QED) is 0.686. The molecule has 5 heteroatoms. The van der Waals surface area contributed by atoms with Gasteiger partial charge in [-0.3, -0.25) is 4.79 Å². The molecular weight excluding hydrogens is 210 g/mol. The van der Waals surface area contributed by atoms with E-state index in [1.54, 1.807) is 24.3 Å². The second-order valence-corrected chi connectivity index (χ2v) is 3.69. The summed E-state index contributed by atoms with van der Waals surface area (Å²) in [5, 5.41) is 18.8. The molecule has 2 atom stereocenters. The van der Waals surface area contributed by atoms with Gasteiger partial charge in [0.05, 0.1) is 7.11 Å². The van der Waals surface area contributed by atoms with Crippen molar-refractivity contribution < 1.29 is 19.7 Å². The lowest BCUT2D eigenvalue weighted by Gasteiger charge is -2.27. The number of hydrogen-bond donors (Lipinski definition) is 3. The number of rotatable bonds is 4. The number of ether oxygens (including phenoxy) is 1. The number of hydrogen-bond acceptors (Lipinski definition) is 4. The Labute approximate surface area is 93.5 Å². The van der Waals surface area contributed by atoms with Crippen LogP contribution >= 0.6 is 0 Å². The molecule has 88 valence electrons. The van der Waals surface area contributed by atoms with Crippen LogP contribution in [0.5, 0.6) is 5.75 Å². The molecule has 1 aromatic rings. The van der Waals surface area contributed by atoms with Crippen LogP contribution in [0.3, 0.4) is 0 Å². The lowest BCUT2D eigenvalue weighted by molar-refractivity contribution is -0.145. The Morgan fingerprint density at radius 1 is 1.44 bits per heavy atom. The number of nitrogens with two attached hydrogens (primary N) is 1. The van der Waals surface area contributed by atoms with Crippen molar-refractivity contribution in [3.8, 4) is 5.75 Å². The maximum atomic E-state index is 10.7. The molecule has 0 saturated carbocycles. The van der Waals surface area contributed by atoms with E-state index in [1.165, 1.54) is 14.0 Å². The van der Waals surface area contributed by atoms with Crippen LogP contribution in [0.15, 0.2) is 24.3 Å². The molecule has 0 amide bonds. The smallest absolute Gasteiger partial charge is 0.323 e. The third-order valence-corrected chi connectivity index (χ3v) is 2.55. The molecular formula is C11H15NO4. The zero-order valence-electron chi connectivity index (χ0n) is 9.18. The summed E-state index contributed by atoms with van der Waals surface area (Å²) >= 11 is 0. The molecule has 0 spiro atoms. The minimum atomic E-state index is -1.61. The van der Waals surface area contributed by atoms with Crippen molar-refractivity contribution >= 4 is 5.97 Å². The van der Waals surface area contributed by atoms with Gasteiger partial charge in [-0.2, -0.15) is 0 Å². The minimum Gasteiger partial charge on any atom is -0.497 e. The maximum absolute atomic E-state index is 10.7. The largest absolute Gasteiger partial charge is 0.497 e. The van der Waals surface area contributed by atoms with Crippen molar-refractivity contribution in [1.82, 2.24) is 0 Å². The predicted molar refractivity (Wildman–Crippen MR) is 58.2 cm³/mol. The van der Waals surface area contributed by atoms with E-state index in [0.29, 0.717) is 11.3 Å². The predicted octanol–water partition coefficient (Wildman–Crippen LogP) is 0.315. The standard InChI is InChI=1S/C11H15NO4/c1-11(15,9(12)10(13)14)7-3-5-8(16-2)6-4-7/h3-6,9,15H,12H2,1-2H3,(H,13,14)/t9-,11+/m1/s1. The van der Waals surface area contributed by atoms with Gasteiger partial charge in [0.1, 0.15) is 17.4 Å². The highest BCUT2D eigenvalue weighted by Gasteiger charge is 2.36. The number of carboxylic acid groups (broad SMARTS) is 1. The highest BCUT2D eigenvalue weighted by atomic mass is 16.5. The summed E-state index contributed by atoms with van der Waals surface area (Å²) in [5.74, 6) is -0.621. The summed E-state index contributed by atoms with van der Waals surface area (Å²) in [6.45, 7) is 1.37. The molecule has 0 fully saturated rings. The fourth-order valence-electron chi connectivity index (χ4n) is 1.35. The molecule has 16 heavy (non-hydrogen) atoms. The second-order valence-electron chi connectivity index (χ2n) is 3.69. The number of aliphatic hydroxyl groups is 1. The van der Waals surface area contributed by atoms with Gasteiger partial charge in [0.25, 0.3) is 0 Å². The van der Waals surface area contributed by atoms with Crippen LogP contribution in [0, 0.1) is 0 Å². The van der Waals surface area contributed by atoms with E-state index in [1.807, 2.05) is 0 Å². The molecule has 4 N–H and O–H groups in total. The van der Waals surface area contributed by atoms with E-state index < -0.39 is 17.6 Å². The van der Waals surface area contributed by atoms with E-state index in [4.69, 9.17) is 15.6 Å². The fourth-order valence-corrected chi connectivity index (χ4v) is 1.35. The van der Waals surface area contributed by atoms with Gasteiger partial charge in [0, 0.05) is 0 Å². The normalized spacial score (nSPS) is 16.2. The topological polar surface area (TPSA) is 92.8 Å². The average molecular weight is 225 g/mol. The molecule has 5 nitrogen and oxygen atoms in total. The van der Waals surface area contributed by atoms with Gasteiger partial charge in [-0.15, -0.1) is 0 Å². The number of carboxylic acids is 1. The van der Waals surface area contributed by atoms with Crippen LogP contribution in [0.2, 0.25) is 0 Å². The molecule has 0 saturated heterocycles. The Balaban J connectivity index is 3.02. The van der Waals surface area contributed by atoms with Gasteiger partial charge in [-0.05, 0) is 24.6 Å². The molecule has 0 unspecified atom stereocenters. The summed E-state index contributed by atoms with van der Waals surface area (Å²) in [4.78, 5) is 10.7. The lowest BCUT2D eigenvalue weighted by atomic mass is 9.89. The van der Waals surface area contributed by atoms with Crippen molar-refractivity contribution in [3.63, 3.8) is 0 Å². The molecule has 1 aromatic carbocycles. The molecule has 0 aliphatic carbocycles. The molecule has 0 heterocycles. The number of carbonyl (C=O) groups is 1. The highest BCUT2D eigenvalue weighted by Crippen LogP contribution is 2.25. The lowest BCUT2D eigenvalue weighted by Crippen LogP contribution is -2.48. The van der Waals surface area contributed by atoms with Crippen LogP contribution in [0.4, 0.5) is 0 Å². The first-order valence-corrected chi connectivity index (χ1v) is 4.75. The summed E-state index contributed by atoms with van der Waals surface area (Å²) < 4.78 is 4.96. The van der Waals surface area contributed by atoms with Crippen molar-refractivity contribution in [3.05, 3.63) is 29.8 Å². The Bertz CT molecular complexity index is 372. The number of benzene rings is 1. The van der Waals surface area contributed by atoms with Crippen molar-refractivity contribution in [2.45, 2.75) is 18.6 Å². The SMILES string of the molecule is COc1ccc([C@](C)(O)[C@H](N)C(=O)O)cc1. The molecule has 0 bridgehead atoms. The summed E-state index contributed by atoms with van der Waals surface area (Å²) in [7, 11) is 1.52. The summed E-state index contributed by atoms with van der Waals surface area (Å²) in [6, 6.07) is 5.07. The van der Waals surface area contributed by atoms with Gasteiger partial charge >= 0.3 is 5.97 Å². The van der Waals surface area contributed by atoms with Gasteiger partial charge in [0.15, 0.2) is 0 Å². The van der Waals surface area contributed by atoms with Crippen LogP contribution in [0.1, 0.15) is 12.5 Å². The van der Waals surface area contributed by atoms with E-state index in [2.05, 4.69) is 0 Å². The first-order valence-electron chi connectivity index (χ1n) is 4.75. The molecule has 1 rings (SSSR count). The van der Waals surface area contributed by atoms with Gasteiger partial charge in [-0.25, -0.2) is 0 Å². The Morgan fingerprint density at radius 2 is 1.94 bits per heavy atom. The minimum absolute atomic E-state index is 0.434. The van der Waals surface area contributed by atoms with Crippen LogP contribution in [-0.2, 0) is 10.4 Å². The molecule has 0 aromatic heterocycles. The van der Waals surface area contributed by atoms with Gasteiger partial charge < -0.3 is 20.7 Å². The zero-order chi connectivity index (χ0) is 12.3. The van der Waals surface area contributed by atoms with E-state index in [0.717, 1.165) is 0 Å². The van der Waals surface area contributed by atoms with E-state index in [9.17, 15) is 9.90 Å². The molecule has 0 radical (unpaired) electrons. The van der Waals surface area contributed by atoms with Crippen molar-refractivity contribution in [2.75, 3.05) is 7.11 Å². The summed E-state index contributed by atoms with van der Waals surface area (Å²) in [6.07, 6.45) is 0. The average Bonchev–Trinajstić information content (AvgIpc) is 2.28. The Kier molecular flexibility index (Phi) is 3.51. The van der Waals surface area contributed by atoms with Crippen molar-refractivity contribution in [1.29, 1.82) is 0 Å². The van der Waals surface area contributed by atoms with Crippen LogP contribution < -0.4 is 10.5 Å². The maximum Gasteiger partial charge on any atom is 0.323 e. The fraction of sp³-hybridized carbons (Fsp3) is 0.364. The molecule has 0 aliphatic rings. The molecule has 0 aliphatic heterocycles. The third-order valence-electron chi connectivity index (χ3n) is 2.55. The van der Waals surface area contributed by atoms with E-state index in [-0.39, 0.29) is 0 Å². The highest BCUT2D eigenvalue weighted by molar-refractivity contribution is 5.75. The first kappa shape index (κ1) is 12.5. The van der Waals surface area contributed by atoms with Crippen LogP contribution in [-0.4, -0.2) is 29.3 Å². The zero-order valence-corrected chi connectivity index (χ0v) is 9.18. The van der Waals surface area contributed by atoms with Gasteiger partial charge in [0.2, 0.25) is 0 Å². The van der Waals surface area contributed by atoms with Gasteiger partial charge in [-0.1, -0.05) is 12.1 Å². The Morgan fingerprint density at radius 3 is 2.31 bits per heavy atom. The third kappa shape index (κ3) is 2.32. The number of methoxy groups -OCH3 is 1. The number of aliphatic carboxylic acids is 1. The monoisotopic (exact) mass is 225 g/mol. The van der Waals surface area contributed by atoms with E-state index >= 15 is 0 Å². The first-order chi connectivity index (χ1) is 7.39. The van der Waals surface area contributed by atoms with Crippen LogP contribution in [0.25, 0.3) is 0 Å².